The lowest BCUT2D eigenvalue weighted by atomic mass is 10.0. The highest BCUT2D eigenvalue weighted by molar-refractivity contribution is 7.47. The molecule has 0 fully saturated rings. The molecule has 0 aromatic rings. The van der Waals surface area contributed by atoms with Gasteiger partial charge in [0, 0.05) is 25.7 Å². The van der Waals surface area contributed by atoms with Crippen molar-refractivity contribution in [3.05, 3.63) is 0 Å². The first-order valence-corrected chi connectivity index (χ1v) is 46.8. The third-order valence-electron chi connectivity index (χ3n) is 19.9. The summed E-state index contributed by atoms with van der Waals surface area (Å²) in [7, 11) is -9.92. The predicted octanol–water partition coefficient (Wildman–Crippen LogP) is 25.7. The Hall–Kier alpha value is -1.94. The Kier molecular flexibility index (Phi) is 73.7. The van der Waals surface area contributed by atoms with Crippen molar-refractivity contribution >= 4 is 39.5 Å². The molecule has 0 aliphatic carbocycles. The number of phosphoric acid groups is 2. The van der Waals surface area contributed by atoms with Gasteiger partial charge >= 0.3 is 39.5 Å². The number of carbonyl (C=O) groups is 4. The minimum atomic E-state index is -4.97. The molecule has 0 rings (SSSR count). The van der Waals surface area contributed by atoms with Crippen molar-refractivity contribution in [2.24, 2.45) is 17.8 Å². The molecule has 0 spiro atoms. The second kappa shape index (κ2) is 75.1. The van der Waals surface area contributed by atoms with E-state index in [0.29, 0.717) is 25.7 Å². The molecule has 0 bridgehead atoms. The normalized spacial score (nSPS) is 13.9. The molecule has 3 N–H and O–H groups in total. The van der Waals surface area contributed by atoms with Crippen LogP contribution in [0, 0.1) is 17.8 Å². The topological polar surface area (TPSA) is 237 Å². The van der Waals surface area contributed by atoms with Crippen LogP contribution in [0.3, 0.4) is 0 Å². The fraction of sp³-hybridized carbons (Fsp3) is 0.953. The van der Waals surface area contributed by atoms with Gasteiger partial charge in [0.25, 0.3) is 0 Å². The maximum Gasteiger partial charge on any atom is 0.472 e. The van der Waals surface area contributed by atoms with E-state index >= 15 is 0 Å². The lowest BCUT2D eigenvalue weighted by molar-refractivity contribution is -0.161. The fourth-order valence-electron chi connectivity index (χ4n) is 13.2. The van der Waals surface area contributed by atoms with E-state index in [4.69, 9.17) is 37.0 Å². The average molecular weight is 1520 g/mol. The summed E-state index contributed by atoms with van der Waals surface area (Å²) in [5.41, 5.74) is 0. The van der Waals surface area contributed by atoms with Crippen LogP contribution in [0.5, 0.6) is 0 Å². The highest BCUT2D eigenvalue weighted by Gasteiger charge is 2.30. The zero-order valence-corrected chi connectivity index (χ0v) is 70.3. The number of aliphatic hydroxyl groups excluding tert-OH is 1. The van der Waals surface area contributed by atoms with Gasteiger partial charge in [-0.25, -0.2) is 9.13 Å². The average Bonchev–Trinajstić information content (AvgIpc) is 0.912. The molecule has 0 radical (unpaired) electrons. The first-order valence-electron chi connectivity index (χ1n) is 43.8. The van der Waals surface area contributed by atoms with Crippen molar-refractivity contribution in [1.82, 2.24) is 0 Å². The summed E-state index contributed by atoms with van der Waals surface area (Å²) in [6.07, 6.45) is 65.3. The van der Waals surface area contributed by atoms with Crippen molar-refractivity contribution in [2.45, 2.75) is 465 Å². The molecule has 0 saturated heterocycles. The van der Waals surface area contributed by atoms with Gasteiger partial charge < -0.3 is 33.8 Å². The van der Waals surface area contributed by atoms with Crippen molar-refractivity contribution in [1.29, 1.82) is 0 Å². The van der Waals surface area contributed by atoms with Crippen LogP contribution < -0.4 is 0 Å². The highest BCUT2D eigenvalue weighted by Crippen LogP contribution is 2.45. The molecule has 0 heterocycles. The molecule has 17 nitrogen and oxygen atoms in total. The number of rotatable bonds is 83. The van der Waals surface area contributed by atoms with Gasteiger partial charge in [0.2, 0.25) is 0 Å². The number of esters is 4. The number of aliphatic hydroxyl groups is 1. The summed E-state index contributed by atoms with van der Waals surface area (Å²) in [5, 5.41) is 10.7. The Balaban J connectivity index is 5.22. The van der Waals surface area contributed by atoms with Gasteiger partial charge in [0.1, 0.15) is 19.3 Å². The Labute approximate surface area is 638 Å². The molecule has 0 aromatic heterocycles. The summed E-state index contributed by atoms with van der Waals surface area (Å²) >= 11 is 0. The Morgan fingerprint density at radius 2 is 0.442 bits per heavy atom. The first-order chi connectivity index (χ1) is 50.2. The molecule has 618 valence electrons. The Morgan fingerprint density at radius 1 is 0.260 bits per heavy atom. The van der Waals surface area contributed by atoms with Crippen LogP contribution in [0.2, 0.25) is 0 Å². The minimum Gasteiger partial charge on any atom is -0.462 e. The van der Waals surface area contributed by atoms with E-state index in [2.05, 4.69) is 48.5 Å². The quantitative estimate of drug-likeness (QED) is 0.0222. The maximum atomic E-state index is 13.1. The number of carbonyl (C=O) groups excluding carboxylic acids is 4. The van der Waals surface area contributed by atoms with Gasteiger partial charge in [0.05, 0.1) is 26.4 Å². The van der Waals surface area contributed by atoms with Crippen molar-refractivity contribution in [3.63, 3.8) is 0 Å². The number of unbranched alkanes of at least 4 members (excludes halogenated alkanes) is 51. The molecule has 5 atom stereocenters. The van der Waals surface area contributed by atoms with E-state index in [-0.39, 0.29) is 25.7 Å². The second-order valence-corrected chi connectivity index (χ2v) is 34.9. The number of hydrogen-bond acceptors (Lipinski definition) is 15. The summed E-state index contributed by atoms with van der Waals surface area (Å²) in [4.78, 5) is 73.1. The lowest BCUT2D eigenvalue weighted by Crippen LogP contribution is -2.30. The first kappa shape index (κ1) is 102. The number of hydrogen-bond donors (Lipinski definition) is 3. The van der Waals surface area contributed by atoms with Crippen LogP contribution in [0.15, 0.2) is 0 Å². The van der Waals surface area contributed by atoms with E-state index in [1.807, 2.05) is 0 Å². The molecule has 0 aromatic carbocycles. The molecule has 0 saturated carbocycles. The molecule has 0 amide bonds. The summed E-state index contributed by atoms with van der Waals surface area (Å²) < 4.78 is 68.8. The largest absolute Gasteiger partial charge is 0.472 e. The standard InChI is InChI=1S/C85H166O17P2/c1-8-9-10-11-12-13-38-45-52-59-66-82(87)95-72-80(102-85(90)69-62-55-48-41-34-28-31-37-44-51-58-65-78(6)7)74-99-103(91,92)97-70-79(86)71-98-104(93,94)100-75-81(73-96-83(88)67-60-53-46-39-32-26-22-19-18-21-25-30-36-43-50-57-64-77(4)5)101-84(89)68-61-54-47-40-33-27-23-17-15-14-16-20-24-29-35-42-49-56-63-76(2)3/h76-81,86H,8-75H2,1-7H3,(H,91,92)(H,93,94)/t79-,80+,81+/m0/s1. The predicted molar refractivity (Wildman–Crippen MR) is 428 cm³/mol. The van der Waals surface area contributed by atoms with Crippen LogP contribution >= 0.6 is 15.6 Å². The lowest BCUT2D eigenvalue weighted by Gasteiger charge is -2.21. The summed E-state index contributed by atoms with van der Waals surface area (Å²) in [5.74, 6) is 0.293. The number of phosphoric ester groups is 2. The van der Waals surface area contributed by atoms with Crippen LogP contribution in [0.25, 0.3) is 0 Å². The SMILES string of the molecule is CCCCCCCCCCCCC(=O)OC[C@H](COP(=O)(O)OC[C@H](O)COP(=O)(O)OC[C@@H](COC(=O)CCCCCCCCCCCCCCCCCCC(C)C)OC(=O)CCCCCCCCCCCCCCCCCCCCC(C)C)OC(=O)CCCCCCCCCCCCCC(C)C. The molecular weight excluding hydrogens is 1350 g/mol. The molecule has 2 unspecified atom stereocenters. The van der Waals surface area contributed by atoms with Crippen molar-refractivity contribution in [3.8, 4) is 0 Å². The van der Waals surface area contributed by atoms with Crippen molar-refractivity contribution < 1.29 is 80.2 Å². The monoisotopic (exact) mass is 1520 g/mol. The van der Waals surface area contributed by atoms with Gasteiger partial charge in [-0.1, -0.05) is 395 Å². The molecule has 104 heavy (non-hydrogen) atoms. The van der Waals surface area contributed by atoms with E-state index in [1.54, 1.807) is 0 Å². The van der Waals surface area contributed by atoms with E-state index in [9.17, 15) is 43.2 Å². The van der Waals surface area contributed by atoms with Crippen LogP contribution in [-0.4, -0.2) is 96.7 Å². The summed E-state index contributed by atoms with van der Waals surface area (Å²) in [6, 6.07) is 0. The molecule has 0 aliphatic heterocycles. The van der Waals surface area contributed by atoms with Gasteiger partial charge in [-0.05, 0) is 43.4 Å². The van der Waals surface area contributed by atoms with Gasteiger partial charge in [0.15, 0.2) is 12.2 Å². The zero-order valence-electron chi connectivity index (χ0n) is 68.5. The maximum absolute atomic E-state index is 13.1. The molecule has 19 heteroatoms. The number of ether oxygens (including phenoxy) is 4. The molecular formula is C85H166O17P2. The van der Waals surface area contributed by atoms with E-state index in [1.165, 1.54) is 257 Å². The second-order valence-electron chi connectivity index (χ2n) is 32.0. The van der Waals surface area contributed by atoms with Gasteiger partial charge in [-0.2, -0.15) is 0 Å². The summed E-state index contributed by atoms with van der Waals surface area (Å²) in [6.45, 7) is 12.0. The third kappa shape index (κ3) is 78.2. The Morgan fingerprint density at radius 3 is 0.654 bits per heavy atom. The van der Waals surface area contributed by atoms with Crippen LogP contribution in [0.4, 0.5) is 0 Å². The van der Waals surface area contributed by atoms with Crippen molar-refractivity contribution in [2.75, 3.05) is 39.6 Å². The van der Waals surface area contributed by atoms with E-state index in [0.717, 1.165) is 108 Å². The smallest absolute Gasteiger partial charge is 0.462 e. The van der Waals surface area contributed by atoms with E-state index < -0.39 is 97.5 Å². The Bertz CT molecular complexity index is 2010. The zero-order chi connectivity index (χ0) is 76.5. The van der Waals surface area contributed by atoms with Crippen LogP contribution in [0.1, 0.15) is 447 Å². The van der Waals surface area contributed by atoms with Gasteiger partial charge in [-0.3, -0.25) is 37.3 Å². The fourth-order valence-corrected chi connectivity index (χ4v) is 14.8. The van der Waals surface area contributed by atoms with Gasteiger partial charge in [-0.15, -0.1) is 0 Å². The minimum absolute atomic E-state index is 0.107. The highest BCUT2D eigenvalue weighted by atomic mass is 31.2. The third-order valence-corrected chi connectivity index (χ3v) is 21.8. The van der Waals surface area contributed by atoms with Crippen LogP contribution in [-0.2, 0) is 65.4 Å². The molecule has 0 aliphatic rings.